The normalized spacial score (nSPS) is 11.0. The number of carbonyl (C=O) groups excluding carboxylic acids is 1. The van der Waals surface area contributed by atoms with Gasteiger partial charge < -0.3 is 9.73 Å². The molecule has 0 unspecified atom stereocenters. The summed E-state index contributed by atoms with van der Waals surface area (Å²) in [6.07, 6.45) is 0.900. The van der Waals surface area contributed by atoms with Gasteiger partial charge in [0.25, 0.3) is 5.91 Å². The fourth-order valence-electron chi connectivity index (χ4n) is 3.34. The molecule has 146 valence electrons. The highest BCUT2D eigenvalue weighted by Crippen LogP contribution is 2.36. The van der Waals surface area contributed by atoms with Crippen LogP contribution in [0.15, 0.2) is 71.1 Å². The molecule has 3 aromatic carbocycles. The van der Waals surface area contributed by atoms with Crippen molar-refractivity contribution in [1.82, 2.24) is 5.32 Å². The molecule has 0 aliphatic heterocycles. The van der Waals surface area contributed by atoms with E-state index in [1.165, 1.54) is 5.56 Å². The average molecular weight is 424 g/mol. The third-order valence-electron chi connectivity index (χ3n) is 4.84. The number of fused-ring (bicyclic) bond motifs is 1. The number of furan rings is 1. The molecule has 0 saturated heterocycles. The molecule has 0 aliphatic carbocycles. The first kappa shape index (κ1) is 19.6. The number of hydrogen-bond acceptors (Lipinski definition) is 2. The van der Waals surface area contributed by atoms with Crippen LogP contribution in [0.3, 0.4) is 0 Å². The zero-order chi connectivity index (χ0) is 20.4. The van der Waals surface area contributed by atoms with Gasteiger partial charge in [-0.25, -0.2) is 0 Å². The lowest BCUT2D eigenvalue weighted by molar-refractivity contribution is 0.0926. The van der Waals surface area contributed by atoms with E-state index >= 15 is 0 Å². The second kappa shape index (κ2) is 8.32. The van der Waals surface area contributed by atoms with Gasteiger partial charge in [0, 0.05) is 27.5 Å². The minimum absolute atomic E-state index is 0.274. The van der Waals surface area contributed by atoms with Crippen LogP contribution >= 0.6 is 23.2 Å². The molecule has 1 amide bonds. The zero-order valence-corrected chi connectivity index (χ0v) is 17.3. The van der Waals surface area contributed by atoms with Gasteiger partial charge in [0.2, 0.25) is 5.76 Å². The molecule has 4 rings (SSSR count). The molecule has 0 spiro atoms. The van der Waals surface area contributed by atoms with Crippen LogP contribution in [-0.2, 0) is 13.0 Å². The van der Waals surface area contributed by atoms with Gasteiger partial charge in [-0.3, -0.25) is 4.79 Å². The van der Waals surface area contributed by atoms with Crippen molar-refractivity contribution in [3.63, 3.8) is 0 Å². The number of hydrogen-bond donors (Lipinski definition) is 1. The Labute approximate surface area is 179 Å². The maximum Gasteiger partial charge on any atom is 0.287 e. The summed E-state index contributed by atoms with van der Waals surface area (Å²) in [6.45, 7) is 2.46. The Morgan fingerprint density at radius 2 is 1.72 bits per heavy atom. The summed E-state index contributed by atoms with van der Waals surface area (Å²) in [7, 11) is 0. The number of carbonyl (C=O) groups is 1. The fraction of sp³-hybridized carbons (Fsp3) is 0.125. The molecule has 0 atom stereocenters. The number of rotatable bonds is 5. The summed E-state index contributed by atoms with van der Waals surface area (Å²) in [6, 6.07) is 20.8. The second-order valence-corrected chi connectivity index (χ2v) is 7.68. The van der Waals surface area contributed by atoms with Gasteiger partial charge in [-0.15, -0.1) is 0 Å². The molecule has 1 N–H and O–H groups in total. The Hall–Kier alpha value is -2.75. The fourth-order valence-corrected chi connectivity index (χ4v) is 3.68. The molecule has 0 fully saturated rings. The third kappa shape index (κ3) is 4.16. The van der Waals surface area contributed by atoms with Crippen LogP contribution < -0.4 is 5.32 Å². The summed E-state index contributed by atoms with van der Waals surface area (Å²) in [4.78, 5) is 13.0. The van der Waals surface area contributed by atoms with E-state index < -0.39 is 0 Å². The Morgan fingerprint density at radius 1 is 0.931 bits per heavy atom. The lowest BCUT2D eigenvalue weighted by Crippen LogP contribution is -2.22. The highest BCUT2D eigenvalue weighted by atomic mass is 35.5. The van der Waals surface area contributed by atoms with E-state index in [1.54, 1.807) is 6.07 Å². The Morgan fingerprint density at radius 3 is 2.45 bits per heavy atom. The van der Waals surface area contributed by atoms with Crippen molar-refractivity contribution in [2.75, 3.05) is 0 Å². The first-order valence-corrected chi connectivity index (χ1v) is 10.1. The van der Waals surface area contributed by atoms with E-state index in [-0.39, 0.29) is 11.7 Å². The van der Waals surface area contributed by atoms with Crippen molar-refractivity contribution in [2.45, 2.75) is 19.9 Å². The van der Waals surface area contributed by atoms with E-state index in [0.29, 0.717) is 22.2 Å². The standard InChI is InChI=1S/C24H19Cl2NO2/c1-2-15-6-11-21-20(13-15)22(17-7-9-18(25)10-8-17)23(29-21)24(28)27-14-16-4-3-5-19(26)12-16/h3-13H,2,14H2,1H3,(H,27,28). The van der Waals surface area contributed by atoms with Crippen molar-refractivity contribution in [3.05, 3.63) is 93.7 Å². The number of nitrogens with one attached hydrogen (secondary N) is 1. The number of halogens is 2. The molecule has 5 heteroatoms. The molecule has 29 heavy (non-hydrogen) atoms. The molecule has 0 saturated carbocycles. The first-order valence-electron chi connectivity index (χ1n) is 9.39. The van der Waals surface area contributed by atoms with Crippen molar-refractivity contribution >= 4 is 40.1 Å². The topological polar surface area (TPSA) is 42.2 Å². The molecular weight excluding hydrogens is 405 g/mol. The molecule has 0 bridgehead atoms. The van der Waals surface area contributed by atoms with E-state index in [0.717, 1.165) is 28.5 Å². The SMILES string of the molecule is CCc1ccc2oc(C(=O)NCc3cccc(Cl)c3)c(-c3ccc(Cl)cc3)c2c1. The van der Waals surface area contributed by atoms with Gasteiger partial charge in [-0.2, -0.15) is 0 Å². The average Bonchev–Trinajstić information content (AvgIpc) is 3.11. The van der Waals surface area contributed by atoms with Crippen LogP contribution in [0.2, 0.25) is 10.0 Å². The Kier molecular flexibility index (Phi) is 5.61. The first-order chi connectivity index (χ1) is 14.0. The third-order valence-corrected chi connectivity index (χ3v) is 5.33. The minimum atomic E-state index is -0.274. The van der Waals surface area contributed by atoms with Crippen LogP contribution in [0.4, 0.5) is 0 Å². The number of aryl methyl sites for hydroxylation is 1. The molecule has 1 heterocycles. The summed E-state index contributed by atoms with van der Waals surface area (Å²) in [5.41, 5.74) is 4.44. The van der Waals surface area contributed by atoms with E-state index in [9.17, 15) is 4.79 Å². The lowest BCUT2D eigenvalue weighted by Gasteiger charge is -2.07. The molecule has 0 radical (unpaired) electrons. The highest BCUT2D eigenvalue weighted by Gasteiger charge is 2.22. The number of amides is 1. The monoisotopic (exact) mass is 423 g/mol. The molecule has 0 aliphatic rings. The van der Waals surface area contributed by atoms with Gasteiger partial charge in [0.05, 0.1) is 0 Å². The maximum absolute atomic E-state index is 13.0. The van der Waals surface area contributed by atoms with Crippen LogP contribution in [-0.4, -0.2) is 5.91 Å². The van der Waals surface area contributed by atoms with E-state index in [2.05, 4.69) is 18.3 Å². The minimum Gasteiger partial charge on any atom is -0.450 e. The molecule has 1 aromatic heterocycles. The van der Waals surface area contributed by atoms with Crippen molar-refractivity contribution < 1.29 is 9.21 Å². The molecule has 4 aromatic rings. The van der Waals surface area contributed by atoms with Gasteiger partial charge in [0.15, 0.2) is 0 Å². The van der Waals surface area contributed by atoms with Gasteiger partial charge >= 0.3 is 0 Å². The highest BCUT2D eigenvalue weighted by molar-refractivity contribution is 6.31. The predicted octanol–water partition coefficient (Wildman–Crippen LogP) is 6.90. The summed E-state index contributed by atoms with van der Waals surface area (Å²) in [5.74, 6) is 0.0155. The van der Waals surface area contributed by atoms with Crippen molar-refractivity contribution in [2.24, 2.45) is 0 Å². The Balaban J connectivity index is 1.75. The van der Waals surface area contributed by atoms with Gasteiger partial charge in [-0.1, -0.05) is 60.5 Å². The maximum atomic E-state index is 13.0. The predicted molar refractivity (Wildman–Crippen MR) is 119 cm³/mol. The largest absolute Gasteiger partial charge is 0.450 e. The summed E-state index contributed by atoms with van der Waals surface area (Å²) in [5, 5.41) is 5.13. The van der Waals surface area contributed by atoms with Crippen LogP contribution in [0.5, 0.6) is 0 Å². The second-order valence-electron chi connectivity index (χ2n) is 6.81. The van der Waals surface area contributed by atoms with Crippen molar-refractivity contribution in [1.29, 1.82) is 0 Å². The molecule has 3 nitrogen and oxygen atoms in total. The summed E-state index contributed by atoms with van der Waals surface area (Å²) < 4.78 is 5.99. The zero-order valence-electron chi connectivity index (χ0n) is 15.8. The van der Waals surface area contributed by atoms with Crippen LogP contribution in [0.1, 0.15) is 28.6 Å². The molecular formula is C24H19Cl2NO2. The summed E-state index contributed by atoms with van der Waals surface area (Å²) >= 11 is 12.1. The van der Waals surface area contributed by atoms with Crippen LogP contribution in [0, 0.1) is 0 Å². The van der Waals surface area contributed by atoms with Gasteiger partial charge in [-0.05, 0) is 59.5 Å². The van der Waals surface area contributed by atoms with Crippen molar-refractivity contribution in [3.8, 4) is 11.1 Å². The van der Waals surface area contributed by atoms with Gasteiger partial charge in [0.1, 0.15) is 5.58 Å². The quantitative estimate of drug-likeness (QED) is 0.379. The Bertz CT molecular complexity index is 1180. The number of benzene rings is 3. The van der Waals surface area contributed by atoms with E-state index in [4.69, 9.17) is 27.6 Å². The lowest BCUT2D eigenvalue weighted by atomic mass is 9.99. The van der Waals surface area contributed by atoms with Crippen LogP contribution in [0.25, 0.3) is 22.1 Å². The van der Waals surface area contributed by atoms with E-state index in [1.807, 2.05) is 54.6 Å². The smallest absolute Gasteiger partial charge is 0.287 e.